The predicted molar refractivity (Wildman–Crippen MR) is 52.2 cm³/mol. The van der Waals surface area contributed by atoms with Crippen molar-refractivity contribution in [1.82, 2.24) is 8.43 Å². The van der Waals surface area contributed by atoms with Gasteiger partial charge in [-0.3, -0.25) is 0 Å². The Labute approximate surface area is 76.9 Å². The predicted octanol–water partition coefficient (Wildman–Crippen LogP) is 1.27. The third-order valence-electron chi connectivity index (χ3n) is 1.96. The van der Waals surface area contributed by atoms with Crippen LogP contribution >= 0.6 is 22.9 Å². The number of halogens is 1. The molecule has 3 heteroatoms. The van der Waals surface area contributed by atoms with E-state index in [9.17, 15) is 0 Å². The van der Waals surface area contributed by atoms with Gasteiger partial charge in [0.15, 0.2) is 0 Å². The summed E-state index contributed by atoms with van der Waals surface area (Å²) >= 11 is 2.40. The average Bonchev–Trinajstić information content (AvgIpc) is 1.88. The molecule has 0 spiro atoms. The lowest BCUT2D eigenvalue weighted by Crippen LogP contribution is -2.49. The molecule has 1 aliphatic heterocycles. The van der Waals surface area contributed by atoms with E-state index in [1.165, 1.54) is 13.1 Å². The minimum Gasteiger partial charge on any atom is -0.311 e. The molecule has 0 bridgehead atoms. The Morgan fingerprint density at radius 2 is 2.30 bits per heavy atom. The highest BCUT2D eigenvalue weighted by Gasteiger charge is 2.19. The number of hydrogen-bond donors (Lipinski definition) is 1. The third kappa shape index (κ3) is 2.36. The lowest BCUT2D eigenvalue weighted by molar-refractivity contribution is 0.286. The molecule has 1 heterocycles. The molecule has 60 valence electrons. The number of rotatable bonds is 1. The largest absolute Gasteiger partial charge is 0.311 e. The molecule has 1 fully saturated rings. The summed E-state index contributed by atoms with van der Waals surface area (Å²) in [4.78, 5) is 0. The molecule has 0 aromatic rings. The second-order valence-corrected chi connectivity index (χ2v) is 4.54. The molecule has 1 N–H and O–H groups in total. The molecule has 1 saturated heterocycles. The maximum Gasteiger partial charge on any atom is 0.0238 e. The molecule has 0 aromatic heterocycles. The van der Waals surface area contributed by atoms with Gasteiger partial charge in [0.1, 0.15) is 0 Å². The fraction of sp³-hybridized carbons (Fsp3) is 1.00. The molecule has 1 atom stereocenters. The summed E-state index contributed by atoms with van der Waals surface area (Å²) in [6.45, 7) is 8.06. The first-order valence-corrected chi connectivity index (χ1v) is 4.80. The van der Waals surface area contributed by atoms with Crippen LogP contribution < -0.4 is 5.32 Å². The summed E-state index contributed by atoms with van der Waals surface area (Å²) in [6, 6.07) is 0.700. The zero-order valence-corrected chi connectivity index (χ0v) is 8.76. The first-order chi connectivity index (χ1) is 4.70. The molecular formula is C7H15IN2. The monoisotopic (exact) mass is 254 g/mol. The summed E-state index contributed by atoms with van der Waals surface area (Å²) in [6.07, 6.45) is 0. The van der Waals surface area contributed by atoms with Crippen LogP contribution in [0.4, 0.5) is 0 Å². The number of piperazine rings is 1. The van der Waals surface area contributed by atoms with Gasteiger partial charge in [-0.05, 0) is 5.92 Å². The van der Waals surface area contributed by atoms with Gasteiger partial charge in [0, 0.05) is 48.5 Å². The van der Waals surface area contributed by atoms with Crippen molar-refractivity contribution in [2.75, 3.05) is 19.6 Å². The Morgan fingerprint density at radius 3 is 2.70 bits per heavy atom. The fourth-order valence-electron chi connectivity index (χ4n) is 1.19. The second kappa shape index (κ2) is 3.88. The van der Waals surface area contributed by atoms with Crippen LogP contribution in [0, 0.1) is 5.92 Å². The molecule has 0 amide bonds. The Morgan fingerprint density at radius 1 is 1.60 bits per heavy atom. The van der Waals surface area contributed by atoms with E-state index < -0.39 is 0 Å². The van der Waals surface area contributed by atoms with E-state index in [0.717, 1.165) is 12.5 Å². The zero-order chi connectivity index (χ0) is 7.56. The van der Waals surface area contributed by atoms with E-state index in [1.54, 1.807) is 0 Å². The van der Waals surface area contributed by atoms with E-state index >= 15 is 0 Å². The maximum absolute atomic E-state index is 3.50. The average molecular weight is 254 g/mol. The maximum atomic E-state index is 3.50. The molecule has 0 aromatic carbocycles. The Hall–Kier alpha value is 0.650. The molecular weight excluding hydrogens is 239 g/mol. The molecule has 2 nitrogen and oxygen atoms in total. The van der Waals surface area contributed by atoms with E-state index in [1.807, 2.05) is 0 Å². The van der Waals surface area contributed by atoms with E-state index in [-0.39, 0.29) is 0 Å². The fourth-order valence-corrected chi connectivity index (χ4v) is 1.85. The highest BCUT2D eigenvalue weighted by molar-refractivity contribution is 14.1. The van der Waals surface area contributed by atoms with Gasteiger partial charge in [-0.25, -0.2) is 3.11 Å². The molecule has 10 heavy (non-hydrogen) atoms. The molecule has 1 aliphatic rings. The van der Waals surface area contributed by atoms with Crippen LogP contribution in [0.1, 0.15) is 13.8 Å². The van der Waals surface area contributed by atoms with Crippen LogP contribution in [-0.2, 0) is 0 Å². The van der Waals surface area contributed by atoms with Crippen LogP contribution in [0.5, 0.6) is 0 Å². The molecule has 0 aliphatic carbocycles. The topological polar surface area (TPSA) is 15.3 Å². The standard InChI is InChI=1S/C7H15IN2/c1-6(2)7-5-10(8)4-3-9-7/h6-7,9H,3-5H2,1-2H3/t7-/m1/s1. The van der Waals surface area contributed by atoms with Gasteiger partial charge in [0.2, 0.25) is 0 Å². The summed E-state index contributed by atoms with van der Waals surface area (Å²) < 4.78 is 2.36. The molecule has 0 unspecified atom stereocenters. The lowest BCUT2D eigenvalue weighted by atomic mass is 10.0. The van der Waals surface area contributed by atoms with Crippen molar-refractivity contribution in [3.8, 4) is 0 Å². The van der Waals surface area contributed by atoms with Gasteiger partial charge in [0.05, 0.1) is 0 Å². The zero-order valence-electron chi connectivity index (χ0n) is 6.60. The summed E-state index contributed by atoms with van der Waals surface area (Å²) in [7, 11) is 0. The highest BCUT2D eigenvalue weighted by atomic mass is 127. The first-order valence-electron chi connectivity index (χ1n) is 3.84. The van der Waals surface area contributed by atoms with Crippen LogP contribution in [0.25, 0.3) is 0 Å². The van der Waals surface area contributed by atoms with Gasteiger partial charge in [-0.15, -0.1) is 0 Å². The molecule has 1 rings (SSSR count). The smallest absolute Gasteiger partial charge is 0.0238 e. The van der Waals surface area contributed by atoms with Crippen molar-refractivity contribution in [2.24, 2.45) is 5.92 Å². The second-order valence-electron chi connectivity index (χ2n) is 3.17. The van der Waals surface area contributed by atoms with E-state index in [4.69, 9.17) is 0 Å². The van der Waals surface area contributed by atoms with Crippen molar-refractivity contribution in [3.63, 3.8) is 0 Å². The minimum absolute atomic E-state index is 0.700. The molecule has 0 radical (unpaired) electrons. The van der Waals surface area contributed by atoms with Gasteiger partial charge in [-0.1, -0.05) is 13.8 Å². The Bertz CT molecular complexity index is 106. The summed E-state index contributed by atoms with van der Waals surface area (Å²) in [5, 5.41) is 3.50. The first kappa shape index (κ1) is 8.74. The van der Waals surface area contributed by atoms with Gasteiger partial charge >= 0.3 is 0 Å². The lowest BCUT2D eigenvalue weighted by Gasteiger charge is -2.31. The summed E-state index contributed by atoms with van der Waals surface area (Å²) in [5.74, 6) is 0.762. The van der Waals surface area contributed by atoms with Crippen LogP contribution in [0.15, 0.2) is 0 Å². The van der Waals surface area contributed by atoms with Crippen LogP contribution in [-0.4, -0.2) is 28.8 Å². The van der Waals surface area contributed by atoms with Crippen molar-refractivity contribution < 1.29 is 0 Å². The van der Waals surface area contributed by atoms with Crippen molar-refractivity contribution in [1.29, 1.82) is 0 Å². The van der Waals surface area contributed by atoms with Gasteiger partial charge in [-0.2, -0.15) is 0 Å². The molecule has 0 saturated carbocycles. The van der Waals surface area contributed by atoms with Crippen molar-refractivity contribution in [3.05, 3.63) is 0 Å². The Kier molecular flexibility index (Phi) is 3.39. The van der Waals surface area contributed by atoms with Crippen molar-refractivity contribution >= 4 is 22.9 Å². The summed E-state index contributed by atoms with van der Waals surface area (Å²) in [5.41, 5.74) is 0. The Balaban J connectivity index is 2.32. The van der Waals surface area contributed by atoms with E-state index in [0.29, 0.717) is 6.04 Å². The quantitative estimate of drug-likeness (QED) is 0.560. The van der Waals surface area contributed by atoms with Gasteiger partial charge < -0.3 is 5.32 Å². The van der Waals surface area contributed by atoms with Crippen molar-refractivity contribution in [2.45, 2.75) is 19.9 Å². The number of nitrogens with one attached hydrogen (secondary N) is 1. The third-order valence-corrected chi connectivity index (χ3v) is 2.84. The van der Waals surface area contributed by atoms with Crippen LogP contribution in [0.3, 0.4) is 0 Å². The SMILES string of the molecule is CC(C)[C@H]1CN(I)CCN1. The van der Waals surface area contributed by atoms with Crippen LogP contribution in [0.2, 0.25) is 0 Å². The highest BCUT2D eigenvalue weighted by Crippen LogP contribution is 2.10. The minimum atomic E-state index is 0.700. The van der Waals surface area contributed by atoms with E-state index in [2.05, 4.69) is 45.1 Å². The number of nitrogens with zero attached hydrogens (tertiary/aromatic N) is 1. The normalized spacial score (nSPS) is 29.4. The van der Waals surface area contributed by atoms with Gasteiger partial charge in [0.25, 0.3) is 0 Å². The number of hydrogen-bond acceptors (Lipinski definition) is 2.